The van der Waals surface area contributed by atoms with Crippen molar-refractivity contribution in [2.45, 2.75) is 52.2 Å². The zero-order chi connectivity index (χ0) is 17.9. The Balaban J connectivity index is 1.43. The van der Waals surface area contributed by atoms with Gasteiger partial charge in [-0.3, -0.25) is 4.90 Å². The van der Waals surface area contributed by atoms with E-state index in [2.05, 4.69) is 46.5 Å². The molecule has 1 saturated heterocycles. The Hall–Kier alpha value is -2.06. The lowest BCUT2D eigenvalue weighted by Gasteiger charge is -2.31. The molecule has 4 heterocycles. The predicted octanol–water partition coefficient (Wildman–Crippen LogP) is 2.69. The normalized spacial score (nSPS) is 16.4. The molecule has 8 heteroatoms. The molecular formula is C18H25N7S. The molecule has 1 aliphatic heterocycles. The smallest absolute Gasteiger partial charge is 0.153 e. The zero-order valence-corrected chi connectivity index (χ0v) is 16.2. The minimum atomic E-state index is 0.493. The van der Waals surface area contributed by atoms with Gasteiger partial charge in [-0.2, -0.15) is 0 Å². The molecule has 3 aromatic heterocycles. The SMILES string of the molecule is CCn1c(Cn2ccnc2C)nnc1C1CCN(Cc2nccs2)CC1. The summed E-state index contributed by atoms with van der Waals surface area (Å²) in [4.78, 5) is 11.2. The number of thiazole rings is 1. The highest BCUT2D eigenvalue weighted by Crippen LogP contribution is 2.28. The fourth-order valence-corrected chi connectivity index (χ4v) is 4.37. The molecule has 7 nitrogen and oxygen atoms in total. The van der Waals surface area contributed by atoms with Crippen LogP contribution in [0.1, 0.15) is 48.2 Å². The van der Waals surface area contributed by atoms with Gasteiger partial charge in [-0.25, -0.2) is 9.97 Å². The lowest BCUT2D eigenvalue weighted by Crippen LogP contribution is -2.33. The van der Waals surface area contributed by atoms with Crippen molar-refractivity contribution in [1.29, 1.82) is 0 Å². The molecule has 0 aliphatic carbocycles. The van der Waals surface area contributed by atoms with Crippen LogP contribution in [0.3, 0.4) is 0 Å². The Morgan fingerprint density at radius 1 is 1.12 bits per heavy atom. The average molecular weight is 372 g/mol. The number of aromatic nitrogens is 6. The lowest BCUT2D eigenvalue weighted by molar-refractivity contribution is 0.199. The van der Waals surface area contributed by atoms with Crippen LogP contribution in [0, 0.1) is 6.92 Å². The van der Waals surface area contributed by atoms with Crippen molar-refractivity contribution in [3.05, 3.63) is 46.5 Å². The number of nitrogens with zero attached hydrogens (tertiary/aromatic N) is 7. The Kier molecular flexibility index (Phi) is 5.12. The van der Waals surface area contributed by atoms with Gasteiger partial charge in [0.25, 0.3) is 0 Å². The molecule has 0 N–H and O–H groups in total. The molecular weight excluding hydrogens is 346 g/mol. The van der Waals surface area contributed by atoms with E-state index in [1.54, 1.807) is 11.3 Å². The van der Waals surface area contributed by atoms with Crippen LogP contribution in [0.4, 0.5) is 0 Å². The monoisotopic (exact) mass is 371 g/mol. The Labute approximate surface area is 157 Å². The van der Waals surface area contributed by atoms with Crippen LogP contribution in [0.15, 0.2) is 24.0 Å². The van der Waals surface area contributed by atoms with E-state index in [9.17, 15) is 0 Å². The van der Waals surface area contributed by atoms with E-state index in [1.165, 1.54) is 5.01 Å². The van der Waals surface area contributed by atoms with Gasteiger partial charge in [0.15, 0.2) is 5.82 Å². The standard InChI is InChI=1S/C18H25N7S/c1-3-25-16(12-24-10-6-19-14(24)2)21-22-18(25)15-4-8-23(9-5-15)13-17-20-7-11-26-17/h6-7,10-11,15H,3-5,8-9,12-13H2,1-2H3. The van der Waals surface area contributed by atoms with Gasteiger partial charge >= 0.3 is 0 Å². The summed E-state index contributed by atoms with van der Waals surface area (Å²) in [7, 11) is 0. The zero-order valence-electron chi connectivity index (χ0n) is 15.4. The van der Waals surface area contributed by atoms with Crippen LogP contribution in [-0.2, 0) is 19.6 Å². The van der Waals surface area contributed by atoms with Crippen LogP contribution in [0.25, 0.3) is 0 Å². The van der Waals surface area contributed by atoms with Crippen molar-refractivity contribution in [2.24, 2.45) is 0 Å². The van der Waals surface area contributed by atoms with Crippen molar-refractivity contribution in [1.82, 2.24) is 34.2 Å². The maximum Gasteiger partial charge on any atom is 0.153 e. The molecule has 0 unspecified atom stereocenters. The third-order valence-corrected chi connectivity index (χ3v) is 5.97. The summed E-state index contributed by atoms with van der Waals surface area (Å²) < 4.78 is 4.41. The van der Waals surface area contributed by atoms with Gasteiger partial charge in [-0.1, -0.05) is 0 Å². The maximum atomic E-state index is 4.57. The molecule has 0 radical (unpaired) electrons. The number of aryl methyl sites for hydroxylation is 1. The first kappa shape index (κ1) is 17.4. The number of imidazole rings is 1. The third kappa shape index (κ3) is 3.57. The van der Waals surface area contributed by atoms with Crippen LogP contribution in [-0.4, -0.2) is 47.3 Å². The first-order valence-electron chi connectivity index (χ1n) is 9.25. The van der Waals surface area contributed by atoms with Gasteiger partial charge < -0.3 is 9.13 Å². The number of piperidine rings is 1. The third-order valence-electron chi connectivity index (χ3n) is 5.20. The number of likely N-dealkylation sites (tertiary alicyclic amines) is 1. The van der Waals surface area contributed by atoms with Gasteiger partial charge in [-0.05, 0) is 39.8 Å². The summed E-state index contributed by atoms with van der Waals surface area (Å²) in [5.41, 5.74) is 0. The molecule has 0 spiro atoms. The van der Waals surface area contributed by atoms with E-state index in [1.807, 2.05) is 25.5 Å². The first-order valence-corrected chi connectivity index (χ1v) is 10.1. The molecule has 0 bridgehead atoms. The van der Waals surface area contributed by atoms with E-state index in [4.69, 9.17) is 0 Å². The maximum absolute atomic E-state index is 4.57. The number of hydrogen-bond acceptors (Lipinski definition) is 6. The van der Waals surface area contributed by atoms with E-state index >= 15 is 0 Å². The largest absolute Gasteiger partial charge is 0.328 e. The van der Waals surface area contributed by atoms with Crippen molar-refractivity contribution in [2.75, 3.05) is 13.1 Å². The van der Waals surface area contributed by atoms with Crippen molar-refractivity contribution < 1.29 is 0 Å². The lowest BCUT2D eigenvalue weighted by atomic mass is 9.96. The first-order chi connectivity index (χ1) is 12.7. The molecule has 0 amide bonds. The minimum Gasteiger partial charge on any atom is -0.328 e. The van der Waals surface area contributed by atoms with Gasteiger partial charge in [-0.15, -0.1) is 21.5 Å². The molecule has 0 aromatic carbocycles. The highest BCUT2D eigenvalue weighted by Gasteiger charge is 2.26. The van der Waals surface area contributed by atoms with Crippen molar-refractivity contribution >= 4 is 11.3 Å². The number of hydrogen-bond donors (Lipinski definition) is 0. The molecule has 4 rings (SSSR count). The fraction of sp³-hybridized carbons (Fsp3) is 0.556. The summed E-state index contributed by atoms with van der Waals surface area (Å²) in [6.07, 6.45) is 7.99. The minimum absolute atomic E-state index is 0.493. The van der Waals surface area contributed by atoms with Crippen LogP contribution < -0.4 is 0 Å². The van der Waals surface area contributed by atoms with Crippen LogP contribution in [0.2, 0.25) is 0 Å². The van der Waals surface area contributed by atoms with Gasteiger partial charge in [0.2, 0.25) is 0 Å². The second-order valence-corrected chi connectivity index (χ2v) is 7.78. The van der Waals surface area contributed by atoms with Gasteiger partial charge in [0.05, 0.1) is 13.1 Å². The molecule has 3 aromatic rings. The molecule has 138 valence electrons. The van der Waals surface area contributed by atoms with E-state index < -0.39 is 0 Å². The average Bonchev–Trinajstić information content (AvgIpc) is 3.39. The summed E-state index contributed by atoms with van der Waals surface area (Å²) in [6.45, 7) is 8.99. The summed E-state index contributed by atoms with van der Waals surface area (Å²) in [5, 5.41) is 12.3. The summed E-state index contributed by atoms with van der Waals surface area (Å²) in [5.74, 6) is 3.67. The quantitative estimate of drug-likeness (QED) is 0.667. The Bertz CT molecular complexity index is 828. The van der Waals surface area contributed by atoms with Gasteiger partial charge in [0.1, 0.15) is 16.7 Å². The molecule has 0 atom stereocenters. The van der Waals surface area contributed by atoms with E-state index in [0.29, 0.717) is 5.92 Å². The fourth-order valence-electron chi connectivity index (χ4n) is 3.71. The Morgan fingerprint density at radius 2 is 1.96 bits per heavy atom. The molecule has 0 saturated carbocycles. The highest BCUT2D eigenvalue weighted by molar-refractivity contribution is 7.09. The van der Waals surface area contributed by atoms with Crippen LogP contribution >= 0.6 is 11.3 Å². The van der Waals surface area contributed by atoms with Gasteiger partial charge in [0, 0.05) is 36.4 Å². The Morgan fingerprint density at radius 3 is 2.62 bits per heavy atom. The molecule has 1 aliphatic rings. The van der Waals surface area contributed by atoms with Crippen molar-refractivity contribution in [3.8, 4) is 0 Å². The second kappa shape index (κ2) is 7.67. The summed E-state index contributed by atoms with van der Waals surface area (Å²) >= 11 is 1.74. The van der Waals surface area contributed by atoms with E-state index in [-0.39, 0.29) is 0 Å². The second-order valence-electron chi connectivity index (χ2n) is 6.80. The predicted molar refractivity (Wildman–Crippen MR) is 101 cm³/mol. The molecule has 26 heavy (non-hydrogen) atoms. The van der Waals surface area contributed by atoms with Crippen molar-refractivity contribution in [3.63, 3.8) is 0 Å². The van der Waals surface area contributed by atoms with Crippen LogP contribution in [0.5, 0.6) is 0 Å². The number of rotatable bonds is 6. The molecule has 1 fully saturated rings. The van der Waals surface area contributed by atoms with E-state index in [0.717, 1.165) is 63.0 Å². The topological polar surface area (TPSA) is 64.7 Å². The summed E-state index contributed by atoms with van der Waals surface area (Å²) in [6, 6.07) is 0. The highest BCUT2D eigenvalue weighted by atomic mass is 32.1.